The summed E-state index contributed by atoms with van der Waals surface area (Å²) < 4.78 is 5.42. The van der Waals surface area contributed by atoms with E-state index in [2.05, 4.69) is 20.8 Å². The Morgan fingerprint density at radius 2 is 2.06 bits per heavy atom. The van der Waals surface area contributed by atoms with Crippen molar-refractivity contribution >= 4 is 11.6 Å². The van der Waals surface area contributed by atoms with Crippen molar-refractivity contribution < 1.29 is 9.84 Å². The number of halogens is 1. The normalized spacial score (nSPS) is 11.6. The van der Waals surface area contributed by atoms with Crippen LogP contribution in [0, 0.1) is 0 Å². The number of rotatable bonds is 6. The van der Waals surface area contributed by atoms with Gasteiger partial charge in [-0.15, -0.1) is 0 Å². The third-order valence-corrected chi connectivity index (χ3v) is 3.31. The Bertz CT molecular complexity index is 361. The highest BCUT2D eigenvalue weighted by molar-refractivity contribution is 6.33. The molecule has 3 heteroatoms. The summed E-state index contributed by atoms with van der Waals surface area (Å²) in [4.78, 5) is 0. The molecule has 1 aromatic carbocycles. The highest BCUT2D eigenvalue weighted by atomic mass is 35.5. The summed E-state index contributed by atoms with van der Waals surface area (Å²) >= 11 is 6.36. The van der Waals surface area contributed by atoms with Crippen LogP contribution in [0.5, 0.6) is 5.75 Å². The van der Waals surface area contributed by atoms with E-state index in [1.165, 1.54) is 0 Å². The smallest absolute Gasteiger partial charge is 0.138 e. The Balaban J connectivity index is 3.00. The van der Waals surface area contributed by atoms with Gasteiger partial charge in [0.05, 0.1) is 11.6 Å². The summed E-state index contributed by atoms with van der Waals surface area (Å²) in [7, 11) is 0. The number of aliphatic hydroxyl groups is 1. The fourth-order valence-electron chi connectivity index (χ4n) is 2.06. The molecule has 0 saturated heterocycles. The molecule has 0 heterocycles. The molecule has 0 unspecified atom stereocenters. The molecule has 0 aliphatic carbocycles. The van der Waals surface area contributed by atoms with Crippen LogP contribution in [0.15, 0.2) is 18.2 Å². The molecular formula is C14H21ClO2. The SMILES string of the molecule is CCCC(C)(C)c1cccc(OCCO)c1Cl. The van der Waals surface area contributed by atoms with E-state index in [0.29, 0.717) is 10.8 Å². The Morgan fingerprint density at radius 1 is 1.35 bits per heavy atom. The van der Waals surface area contributed by atoms with Gasteiger partial charge in [0.1, 0.15) is 12.4 Å². The van der Waals surface area contributed by atoms with Gasteiger partial charge < -0.3 is 9.84 Å². The zero-order chi connectivity index (χ0) is 12.9. The quantitative estimate of drug-likeness (QED) is 0.839. The van der Waals surface area contributed by atoms with Gasteiger partial charge in [-0.2, -0.15) is 0 Å². The van der Waals surface area contributed by atoms with Crippen LogP contribution in [-0.4, -0.2) is 18.3 Å². The Labute approximate surface area is 109 Å². The van der Waals surface area contributed by atoms with Crippen molar-refractivity contribution in [2.45, 2.75) is 39.0 Å². The predicted molar refractivity (Wildman–Crippen MR) is 72.0 cm³/mol. The van der Waals surface area contributed by atoms with Crippen molar-refractivity contribution in [2.75, 3.05) is 13.2 Å². The summed E-state index contributed by atoms with van der Waals surface area (Å²) in [5, 5.41) is 9.43. The molecule has 0 radical (unpaired) electrons. The van der Waals surface area contributed by atoms with Crippen LogP contribution >= 0.6 is 11.6 Å². The topological polar surface area (TPSA) is 29.5 Å². The lowest BCUT2D eigenvalue weighted by Crippen LogP contribution is -2.17. The number of benzene rings is 1. The van der Waals surface area contributed by atoms with Crippen molar-refractivity contribution in [3.05, 3.63) is 28.8 Å². The van der Waals surface area contributed by atoms with Crippen LogP contribution in [0.2, 0.25) is 5.02 Å². The highest BCUT2D eigenvalue weighted by Crippen LogP contribution is 2.38. The van der Waals surface area contributed by atoms with Gasteiger partial charge in [0.2, 0.25) is 0 Å². The van der Waals surface area contributed by atoms with Crippen molar-refractivity contribution in [1.82, 2.24) is 0 Å². The van der Waals surface area contributed by atoms with E-state index in [1.807, 2.05) is 18.2 Å². The lowest BCUT2D eigenvalue weighted by Gasteiger charge is -2.26. The Morgan fingerprint density at radius 3 is 2.65 bits per heavy atom. The third kappa shape index (κ3) is 3.62. The van der Waals surface area contributed by atoms with Gasteiger partial charge in [-0.3, -0.25) is 0 Å². The first kappa shape index (κ1) is 14.3. The van der Waals surface area contributed by atoms with Crippen molar-refractivity contribution in [3.8, 4) is 5.75 Å². The van der Waals surface area contributed by atoms with E-state index in [0.717, 1.165) is 18.4 Å². The number of hydrogen-bond donors (Lipinski definition) is 1. The fourth-order valence-corrected chi connectivity index (χ4v) is 2.50. The third-order valence-electron chi connectivity index (χ3n) is 2.92. The second-order valence-electron chi connectivity index (χ2n) is 4.82. The van der Waals surface area contributed by atoms with E-state index in [-0.39, 0.29) is 18.6 Å². The summed E-state index contributed by atoms with van der Waals surface area (Å²) in [6, 6.07) is 5.83. The molecule has 1 N–H and O–H groups in total. The van der Waals surface area contributed by atoms with Gasteiger partial charge in [0.25, 0.3) is 0 Å². The lowest BCUT2D eigenvalue weighted by molar-refractivity contribution is 0.201. The number of aliphatic hydroxyl groups excluding tert-OH is 1. The molecule has 17 heavy (non-hydrogen) atoms. The summed E-state index contributed by atoms with van der Waals surface area (Å²) in [6.07, 6.45) is 2.20. The second kappa shape index (κ2) is 6.27. The van der Waals surface area contributed by atoms with Crippen LogP contribution in [0.25, 0.3) is 0 Å². The van der Waals surface area contributed by atoms with Gasteiger partial charge in [-0.1, -0.05) is 50.9 Å². The molecule has 0 aliphatic rings. The molecular weight excluding hydrogens is 236 g/mol. The second-order valence-corrected chi connectivity index (χ2v) is 5.20. The van der Waals surface area contributed by atoms with Crippen LogP contribution in [0.3, 0.4) is 0 Å². The minimum Gasteiger partial charge on any atom is -0.490 e. The maximum absolute atomic E-state index is 8.76. The molecule has 0 saturated carbocycles. The van der Waals surface area contributed by atoms with Gasteiger partial charge in [0.15, 0.2) is 0 Å². The zero-order valence-corrected chi connectivity index (χ0v) is 11.5. The summed E-state index contributed by atoms with van der Waals surface area (Å²) in [6.45, 7) is 6.82. The molecule has 0 spiro atoms. The molecule has 1 aromatic rings. The van der Waals surface area contributed by atoms with Crippen LogP contribution in [0.4, 0.5) is 0 Å². The monoisotopic (exact) mass is 256 g/mol. The molecule has 0 atom stereocenters. The molecule has 0 aliphatic heterocycles. The van der Waals surface area contributed by atoms with Crippen molar-refractivity contribution in [1.29, 1.82) is 0 Å². The molecule has 2 nitrogen and oxygen atoms in total. The highest BCUT2D eigenvalue weighted by Gasteiger charge is 2.23. The molecule has 0 amide bonds. The van der Waals surface area contributed by atoms with Crippen LogP contribution < -0.4 is 4.74 Å². The zero-order valence-electron chi connectivity index (χ0n) is 10.8. The first-order chi connectivity index (χ1) is 8.03. The van der Waals surface area contributed by atoms with E-state index >= 15 is 0 Å². The lowest BCUT2D eigenvalue weighted by atomic mass is 9.80. The summed E-state index contributed by atoms with van der Waals surface area (Å²) in [5.74, 6) is 0.655. The first-order valence-electron chi connectivity index (χ1n) is 6.05. The van der Waals surface area contributed by atoms with Crippen LogP contribution in [0.1, 0.15) is 39.2 Å². The average molecular weight is 257 g/mol. The van der Waals surface area contributed by atoms with Crippen molar-refractivity contribution in [3.63, 3.8) is 0 Å². The van der Waals surface area contributed by atoms with Gasteiger partial charge in [-0.05, 0) is 23.5 Å². The fraction of sp³-hybridized carbons (Fsp3) is 0.571. The molecule has 96 valence electrons. The van der Waals surface area contributed by atoms with Gasteiger partial charge in [-0.25, -0.2) is 0 Å². The van der Waals surface area contributed by atoms with Crippen LogP contribution in [-0.2, 0) is 5.41 Å². The van der Waals surface area contributed by atoms with E-state index in [9.17, 15) is 0 Å². The molecule has 1 rings (SSSR count). The minimum atomic E-state index is -0.00108. The average Bonchev–Trinajstić information content (AvgIpc) is 2.27. The Hall–Kier alpha value is -0.730. The standard InChI is InChI=1S/C14H21ClO2/c1-4-8-14(2,3)11-6-5-7-12(13(11)15)17-10-9-16/h5-7,16H,4,8-10H2,1-3H3. The van der Waals surface area contributed by atoms with E-state index in [4.69, 9.17) is 21.4 Å². The number of ether oxygens (including phenoxy) is 1. The van der Waals surface area contributed by atoms with Gasteiger partial charge >= 0.3 is 0 Å². The predicted octanol–water partition coefficient (Wildman–Crippen LogP) is 3.79. The maximum atomic E-state index is 8.76. The van der Waals surface area contributed by atoms with Crippen molar-refractivity contribution in [2.24, 2.45) is 0 Å². The summed E-state index contributed by atoms with van der Waals surface area (Å²) in [5.41, 5.74) is 1.15. The molecule has 0 aromatic heterocycles. The number of hydrogen-bond acceptors (Lipinski definition) is 2. The van der Waals surface area contributed by atoms with E-state index in [1.54, 1.807) is 0 Å². The molecule has 0 fully saturated rings. The minimum absolute atomic E-state index is 0.00108. The Kier molecular flexibility index (Phi) is 5.29. The van der Waals surface area contributed by atoms with Gasteiger partial charge in [0, 0.05) is 0 Å². The maximum Gasteiger partial charge on any atom is 0.138 e. The molecule has 0 bridgehead atoms. The van der Waals surface area contributed by atoms with E-state index < -0.39 is 0 Å². The first-order valence-corrected chi connectivity index (χ1v) is 6.43. The largest absolute Gasteiger partial charge is 0.490 e.